The summed E-state index contributed by atoms with van der Waals surface area (Å²) in [5, 5.41) is 2.69. The van der Waals surface area contributed by atoms with Crippen LogP contribution in [0.15, 0.2) is 18.2 Å². The summed E-state index contributed by atoms with van der Waals surface area (Å²) in [4.78, 5) is 10.4. The summed E-state index contributed by atoms with van der Waals surface area (Å²) in [6.45, 7) is 2.63. The first-order chi connectivity index (χ1) is 7.13. The lowest BCUT2D eigenvalue weighted by Gasteiger charge is -2.09. The van der Waals surface area contributed by atoms with Crippen molar-refractivity contribution >= 4 is 20.7 Å². The fourth-order valence-electron chi connectivity index (χ4n) is 1.40. The molecule has 0 heterocycles. The SMILES string of the molecule is COc1ccc(C)cc1CCNC(=O)Br. The number of ether oxygens (including phenoxy) is 1. The van der Waals surface area contributed by atoms with Crippen LogP contribution in [0.25, 0.3) is 0 Å². The first-order valence-electron chi connectivity index (χ1n) is 4.70. The van der Waals surface area contributed by atoms with Crippen LogP contribution in [0.2, 0.25) is 0 Å². The van der Waals surface area contributed by atoms with E-state index < -0.39 is 0 Å². The Morgan fingerprint density at radius 3 is 2.87 bits per heavy atom. The molecular weight excluding hydrogens is 258 g/mol. The van der Waals surface area contributed by atoms with E-state index >= 15 is 0 Å². The summed E-state index contributed by atoms with van der Waals surface area (Å²) in [6, 6.07) is 6.02. The number of carbonyl (C=O) groups excluding carboxylic acids is 1. The third kappa shape index (κ3) is 3.91. The molecule has 0 radical (unpaired) electrons. The fraction of sp³-hybridized carbons (Fsp3) is 0.364. The maximum atomic E-state index is 10.6. The number of carbonyl (C=O) groups is 1. The van der Waals surface area contributed by atoms with Gasteiger partial charge in [-0.3, -0.25) is 4.79 Å². The molecule has 0 atom stereocenters. The maximum Gasteiger partial charge on any atom is 0.287 e. The second-order valence-corrected chi connectivity index (χ2v) is 3.99. The van der Waals surface area contributed by atoms with Crippen molar-refractivity contribution < 1.29 is 9.53 Å². The smallest absolute Gasteiger partial charge is 0.287 e. The zero-order chi connectivity index (χ0) is 11.3. The fourth-order valence-corrected chi connectivity index (χ4v) is 1.60. The number of benzene rings is 1. The highest BCUT2D eigenvalue weighted by Gasteiger charge is 2.03. The van der Waals surface area contributed by atoms with Crippen molar-refractivity contribution in [2.45, 2.75) is 13.3 Å². The largest absolute Gasteiger partial charge is 0.496 e. The summed E-state index contributed by atoms with van der Waals surface area (Å²) in [5.74, 6) is 0.865. The van der Waals surface area contributed by atoms with Crippen LogP contribution in [0, 0.1) is 6.92 Å². The van der Waals surface area contributed by atoms with Crippen LogP contribution in [-0.4, -0.2) is 18.5 Å². The van der Waals surface area contributed by atoms with Crippen molar-refractivity contribution in [1.29, 1.82) is 0 Å². The first kappa shape index (κ1) is 12.0. The van der Waals surface area contributed by atoms with Crippen molar-refractivity contribution in [3.8, 4) is 5.75 Å². The van der Waals surface area contributed by atoms with Crippen molar-refractivity contribution in [2.75, 3.05) is 13.7 Å². The number of nitrogens with one attached hydrogen (secondary N) is 1. The van der Waals surface area contributed by atoms with Gasteiger partial charge in [0.2, 0.25) is 0 Å². The number of hydrogen-bond donors (Lipinski definition) is 1. The lowest BCUT2D eigenvalue weighted by molar-refractivity contribution is 0.262. The Bertz CT molecular complexity index is 352. The number of hydrogen-bond acceptors (Lipinski definition) is 2. The molecule has 0 aliphatic rings. The molecule has 1 amide bonds. The van der Waals surface area contributed by atoms with Gasteiger partial charge in [0.15, 0.2) is 0 Å². The van der Waals surface area contributed by atoms with Gasteiger partial charge in [-0.2, -0.15) is 0 Å². The molecule has 0 spiro atoms. The number of aryl methyl sites for hydroxylation is 1. The van der Waals surface area contributed by atoms with Gasteiger partial charge in [-0.1, -0.05) is 17.7 Å². The predicted octanol–water partition coefficient (Wildman–Crippen LogP) is 2.65. The molecule has 0 aliphatic heterocycles. The topological polar surface area (TPSA) is 38.3 Å². The highest BCUT2D eigenvalue weighted by molar-refractivity contribution is 9.18. The Morgan fingerprint density at radius 1 is 1.53 bits per heavy atom. The molecule has 0 saturated heterocycles. The second kappa shape index (κ2) is 5.75. The van der Waals surface area contributed by atoms with Crippen LogP contribution < -0.4 is 10.1 Å². The van der Waals surface area contributed by atoms with Crippen molar-refractivity contribution in [3.63, 3.8) is 0 Å². The summed E-state index contributed by atoms with van der Waals surface area (Å²) < 4.78 is 5.23. The zero-order valence-corrected chi connectivity index (χ0v) is 10.4. The van der Waals surface area contributed by atoms with Gasteiger partial charge in [0.1, 0.15) is 5.75 Å². The lowest BCUT2D eigenvalue weighted by Crippen LogP contribution is -2.19. The van der Waals surface area contributed by atoms with E-state index in [1.807, 2.05) is 19.1 Å². The number of methoxy groups -OCH3 is 1. The predicted molar refractivity (Wildman–Crippen MR) is 63.8 cm³/mol. The molecule has 0 aliphatic carbocycles. The minimum absolute atomic E-state index is 0.186. The highest BCUT2D eigenvalue weighted by Crippen LogP contribution is 2.19. The molecule has 82 valence electrons. The van der Waals surface area contributed by atoms with Crippen molar-refractivity contribution in [3.05, 3.63) is 29.3 Å². The van der Waals surface area contributed by atoms with E-state index in [1.54, 1.807) is 7.11 Å². The molecule has 1 N–H and O–H groups in total. The van der Waals surface area contributed by atoms with Crippen LogP contribution in [-0.2, 0) is 6.42 Å². The summed E-state index contributed by atoms with van der Waals surface area (Å²) in [5.41, 5.74) is 2.30. The molecule has 0 saturated carbocycles. The van der Waals surface area contributed by atoms with Gasteiger partial charge in [0, 0.05) is 22.5 Å². The summed E-state index contributed by atoms with van der Waals surface area (Å²) in [6.07, 6.45) is 0.766. The Labute approximate surface area is 97.9 Å². The van der Waals surface area contributed by atoms with E-state index in [4.69, 9.17) is 4.74 Å². The van der Waals surface area contributed by atoms with Crippen LogP contribution in [0.1, 0.15) is 11.1 Å². The van der Waals surface area contributed by atoms with E-state index in [2.05, 4.69) is 27.3 Å². The van der Waals surface area contributed by atoms with Gasteiger partial charge in [0.05, 0.1) is 7.11 Å². The van der Waals surface area contributed by atoms with Crippen molar-refractivity contribution in [2.24, 2.45) is 0 Å². The molecule has 4 heteroatoms. The average Bonchev–Trinajstić information content (AvgIpc) is 2.17. The number of halogens is 1. The van der Waals surface area contributed by atoms with E-state index in [0.717, 1.165) is 17.7 Å². The minimum atomic E-state index is -0.186. The number of rotatable bonds is 4. The van der Waals surface area contributed by atoms with Gasteiger partial charge >= 0.3 is 0 Å². The van der Waals surface area contributed by atoms with Crippen LogP contribution in [0.5, 0.6) is 5.75 Å². The Kier molecular flexibility index (Phi) is 4.62. The molecule has 1 aromatic rings. The molecule has 0 fully saturated rings. The lowest BCUT2D eigenvalue weighted by atomic mass is 10.1. The first-order valence-corrected chi connectivity index (χ1v) is 5.49. The Hall–Kier alpha value is -1.03. The van der Waals surface area contributed by atoms with E-state index in [1.165, 1.54) is 5.56 Å². The molecule has 1 rings (SSSR count). The molecule has 0 bridgehead atoms. The van der Waals surface area contributed by atoms with Gasteiger partial charge in [-0.25, -0.2) is 0 Å². The number of amides is 1. The third-order valence-corrected chi connectivity index (χ3v) is 2.37. The molecule has 0 aromatic heterocycles. The molecule has 3 nitrogen and oxygen atoms in total. The normalized spacial score (nSPS) is 9.80. The molecule has 0 unspecified atom stereocenters. The van der Waals surface area contributed by atoms with Crippen LogP contribution in [0.3, 0.4) is 0 Å². The van der Waals surface area contributed by atoms with Crippen LogP contribution in [0.4, 0.5) is 4.79 Å². The minimum Gasteiger partial charge on any atom is -0.496 e. The molecular formula is C11H14BrNO2. The molecule has 1 aromatic carbocycles. The zero-order valence-electron chi connectivity index (χ0n) is 8.84. The van der Waals surface area contributed by atoms with E-state index in [-0.39, 0.29) is 4.82 Å². The monoisotopic (exact) mass is 271 g/mol. The van der Waals surface area contributed by atoms with Gasteiger partial charge < -0.3 is 10.1 Å². The van der Waals surface area contributed by atoms with Gasteiger partial charge in [0.25, 0.3) is 4.82 Å². The molecule has 15 heavy (non-hydrogen) atoms. The quantitative estimate of drug-likeness (QED) is 0.676. The average molecular weight is 272 g/mol. The third-order valence-electron chi connectivity index (χ3n) is 2.09. The maximum absolute atomic E-state index is 10.6. The second-order valence-electron chi connectivity index (χ2n) is 3.27. The van der Waals surface area contributed by atoms with Gasteiger partial charge in [-0.15, -0.1) is 0 Å². The van der Waals surface area contributed by atoms with E-state index in [0.29, 0.717) is 6.54 Å². The highest BCUT2D eigenvalue weighted by atomic mass is 79.9. The van der Waals surface area contributed by atoms with Crippen LogP contribution >= 0.6 is 15.9 Å². The Balaban J connectivity index is 2.65. The van der Waals surface area contributed by atoms with Crippen molar-refractivity contribution in [1.82, 2.24) is 5.32 Å². The van der Waals surface area contributed by atoms with Gasteiger partial charge in [-0.05, 0) is 25.0 Å². The summed E-state index contributed by atoms with van der Waals surface area (Å²) >= 11 is 2.82. The Morgan fingerprint density at radius 2 is 2.27 bits per heavy atom. The summed E-state index contributed by atoms with van der Waals surface area (Å²) in [7, 11) is 1.65. The standard InChI is InChI=1S/C11H14BrNO2/c1-8-3-4-10(15-2)9(7-8)5-6-13-11(12)14/h3-4,7H,5-6H2,1-2H3,(H,13,14). The van der Waals surface area contributed by atoms with E-state index in [9.17, 15) is 4.79 Å².